The highest BCUT2D eigenvalue weighted by molar-refractivity contribution is 5.83. The van der Waals surface area contributed by atoms with E-state index < -0.39 is 0 Å². The Kier molecular flexibility index (Phi) is 12.5. The Hall–Kier alpha value is -1.56. The summed E-state index contributed by atoms with van der Waals surface area (Å²) < 4.78 is 0. The van der Waals surface area contributed by atoms with Gasteiger partial charge in [-0.3, -0.25) is 0 Å². The van der Waals surface area contributed by atoms with Crippen molar-refractivity contribution < 1.29 is 0 Å². The third-order valence-corrected chi connectivity index (χ3v) is 5.81. The summed E-state index contributed by atoms with van der Waals surface area (Å²) >= 11 is 0. The van der Waals surface area contributed by atoms with Gasteiger partial charge in [0.05, 0.1) is 0 Å². The van der Waals surface area contributed by atoms with Crippen molar-refractivity contribution in [2.24, 2.45) is 0 Å². The van der Waals surface area contributed by atoms with E-state index >= 15 is 0 Å². The topological polar surface area (TPSA) is 0 Å². The standard InChI is InChI=1S/C28H42/c1-2-3-4-5-6-7-8-9-10-11-12-13-14-15-16-17-20-26-23-24-27-21-18-19-22-28(27)25-26/h16-19,21-25H,2-15,20H2,1H3/b17-16+. The third kappa shape index (κ3) is 10.1. The molecule has 0 fully saturated rings. The highest BCUT2D eigenvalue weighted by atomic mass is 14.0. The average molecular weight is 379 g/mol. The molecule has 0 heteroatoms. The van der Waals surface area contributed by atoms with Crippen LogP contribution in [0.3, 0.4) is 0 Å². The second-order valence-electron chi connectivity index (χ2n) is 8.39. The van der Waals surface area contributed by atoms with E-state index in [1.807, 2.05) is 0 Å². The number of unbranched alkanes of at least 4 members (excludes halogenated alkanes) is 13. The van der Waals surface area contributed by atoms with Crippen LogP contribution in [0.4, 0.5) is 0 Å². The zero-order valence-electron chi connectivity index (χ0n) is 18.3. The molecule has 0 spiro atoms. The van der Waals surface area contributed by atoms with Crippen LogP contribution in [0.1, 0.15) is 102 Å². The van der Waals surface area contributed by atoms with Gasteiger partial charge >= 0.3 is 0 Å². The van der Waals surface area contributed by atoms with E-state index in [1.54, 1.807) is 0 Å². The maximum absolute atomic E-state index is 2.38. The first-order valence-electron chi connectivity index (χ1n) is 12.0. The van der Waals surface area contributed by atoms with Gasteiger partial charge in [-0.1, -0.05) is 139 Å². The zero-order valence-corrected chi connectivity index (χ0v) is 18.3. The lowest BCUT2D eigenvalue weighted by atomic mass is 10.0. The van der Waals surface area contributed by atoms with Gasteiger partial charge in [0.15, 0.2) is 0 Å². The van der Waals surface area contributed by atoms with Crippen LogP contribution in [-0.4, -0.2) is 0 Å². The van der Waals surface area contributed by atoms with Crippen LogP contribution in [0.15, 0.2) is 54.6 Å². The van der Waals surface area contributed by atoms with E-state index in [2.05, 4.69) is 61.5 Å². The molecule has 0 nitrogen and oxygen atoms in total. The molecule has 0 heterocycles. The number of hydrogen-bond acceptors (Lipinski definition) is 0. The molecule has 0 saturated heterocycles. The maximum Gasteiger partial charge on any atom is -0.00972 e. The van der Waals surface area contributed by atoms with Crippen LogP contribution in [0.2, 0.25) is 0 Å². The Morgan fingerprint density at radius 1 is 0.571 bits per heavy atom. The molecule has 154 valence electrons. The van der Waals surface area contributed by atoms with E-state index in [4.69, 9.17) is 0 Å². The molecular formula is C28H42. The van der Waals surface area contributed by atoms with Gasteiger partial charge in [0.1, 0.15) is 0 Å². The van der Waals surface area contributed by atoms with Gasteiger partial charge in [-0.05, 0) is 35.6 Å². The summed E-state index contributed by atoms with van der Waals surface area (Å²) in [6, 6.07) is 15.4. The number of rotatable bonds is 16. The summed E-state index contributed by atoms with van der Waals surface area (Å²) in [7, 11) is 0. The summed E-state index contributed by atoms with van der Waals surface area (Å²) in [5.41, 5.74) is 1.42. The third-order valence-electron chi connectivity index (χ3n) is 5.81. The van der Waals surface area contributed by atoms with E-state index in [0.29, 0.717) is 0 Å². The van der Waals surface area contributed by atoms with Gasteiger partial charge in [-0.2, -0.15) is 0 Å². The number of fused-ring (bicyclic) bond motifs is 1. The Balaban J connectivity index is 1.40. The van der Waals surface area contributed by atoms with Gasteiger partial charge in [0.25, 0.3) is 0 Å². The summed E-state index contributed by atoms with van der Waals surface area (Å²) in [5, 5.41) is 2.69. The summed E-state index contributed by atoms with van der Waals surface area (Å²) in [6.45, 7) is 2.29. The second kappa shape index (κ2) is 15.4. The molecule has 2 aromatic rings. The van der Waals surface area contributed by atoms with Crippen molar-refractivity contribution in [1.82, 2.24) is 0 Å². The fraction of sp³-hybridized carbons (Fsp3) is 0.571. The van der Waals surface area contributed by atoms with Gasteiger partial charge < -0.3 is 0 Å². The number of hydrogen-bond donors (Lipinski definition) is 0. The Morgan fingerprint density at radius 3 is 1.79 bits per heavy atom. The van der Waals surface area contributed by atoms with Crippen LogP contribution < -0.4 is 0 Å². The predicted octanol–water partition coefficient (Wildman–Crippen LogP) is 9.42. The van der Waals surface area contributed by atoms with Crippen molar-refractivity contribution in [3.05, 3.63) is 60.2 Å². The lowest BCUT2D eigenvalue weighted by Crippen LogP contribution is -1.83. The maximum atomic E-state index is 2.38. The SMILES string of the molecule is CCCCCCCCCCCCCCC/C=C/Cc1ccc2ccccc2c1. The molecule has 0 unspecified atom stereocenters. The summed E-state index contributed by atoms with van der Waals surface area (Å²) in [5.74, 6) is 0. The van der Waals surface area contributed by atoms with E-state index in [9.17, 15) is 0 Å². The first-order valence-corrected chi connectivity index (χ1v) is 12.0. The van der Waals surface area contributed by atoms with Gasteiger partial charge in [0, 0.05) is 0 Å². The van der Waals surface area contributed by atoms with Crippen LogP contribution in [0.25, 0.3) is 10.8 Å². The minimum atomic E-state index is 1.06. The second-order valence-corrected chi connectivity index (χ2v) is 8.39. The smallest absolute Gasteiger partial charge is 0.00972 e. The van der Waals surface area contributed by atoms with Gasteiger partial charge in [-0.25, -0.2) is 0 Å². The van der Waals surface area contributed by atoms with Gasteiger partial charge in [-0.15, -0.1) is 0 Å². The lowest BCUT2D eigenvalue weighted by molar-refractivity contribution is 0.540. The first-order chi connectivity index (χ1) is 13.9. The molecule has 28 heavy (non-hydrogen) atoms. The zero-order chi connectivity index (χ0) is 19.7. The predicted molar refractivity (Wildman–Crippen MR) is 127 cm³/mol. The van der Waals surface area contributed by atoms with Gasteiger partial charge in [0.2, 0.25) is 0 Å². The molecule has 0 aromatic heterocycles. The van der Waals surface area contributed by atoms with Crippen LogP contribution in [0.5, 0.6) is 0 Å². The largest absolute Gasteiger partial charge is 0.0882 e. The highest BCUT2D eigenvalue weighted by Crippen LogP contribution is 2.16. The molecule has 2 aromatic carbocycles. The van der Waals surface area contributed by atoms with E-state index in [1.165, 1.54) is 106 Å². The molecule has 0 aliphatic rings. The normalized spacial score (nSPS) is 11.6. The molecule has 0 radical (unpaired) electrons. The minimum absolute atomic E-state index is 1.06. The number of allylic oxidation sites excluding steroid dienone is 2. The van der Waals surface area contributed by atoms with E-state index in [0.717, 1.165) is 6.42 Å². The van der Waals surface area contributed by atoms with E-state index in [-0.39, 0.29) is 0 Å². The molecule has 0 aliphatic carbocycles. The Labute approximate surface area is 174 Å². The molecule has 0 amide bonds. The monoisotopic (exact) mass is 378 g/mol. The fourth-order valence-electron chi connectivity index (χ4n) is 3.98. The Bertz CT molecular complexity index is 652. The van der Waals surface area contributed by atoms with Crippen molar-refractivity contribution in [1.29, 1.82) is 0 Å². The summed E-state index contributed by atoms with van der Waals surface area (Å²) in [4.78, 5) is 0. The van der Waals surface area contributed by atoms with Crippen LogP contribution >= 0.6 is 0 Å². The summed E-state index contributed by atoms with van der Waals surface area (Å²) in [6.07, 6.45) is 25.7. The highest BCUT2D eigenvalue weighted by Gasteiger charge is 1.95. The van der Waals surface area contributed by atoms with Crippen LogP contribution in [0, 0.1) is 0 Å². The van der Waals surface area contributed by atoms with Crippen molar-refractivity contribution in [2.45, 2.75) is 103 Å². The molecule has 0 N–H and O–H groups in total. The van der Waals surface area contributed by atoms with Crippen LogP contribution in [-0.2, 0) is 6.42 Å². The fourth-order valence-corrected chi connectivity index (χ4v) is 3.98. The Morgan fingerprint density at radius 2 is 1.14 bits per heavy atom. The average Bonchev–Trinajstić information content (AvgIpc) is 2.73. The molecule has 0 atom stereocenters. The number of benzene rings is 2. The quantitative estimate of drug-likeness (QED) is 0.201. The molecule has 0 saturated carbocycles. The van der Waals surface area contributed by atoms with Crippen molar-refractivity contribution in [2.75, 3.05) is 0 Å². The minimum Gasteiger partial charge on any atom is -0.0882 e. The molecular weight excluding hydrogens is 336 g/mol. The van der Waals surface area contributed by atoms with Crippen molar-refractivity contribution in [3.63, 3.8) is 0 Å². The molecule has 0 bridgehead atoms. The molecule has 0 aliphatic heterocycles. The molecule has 2 rings (SSSR count). The first kappa shape index (κ1) is 22.7. The van der Waals surface area contributed by atoms with Crippen molar-refractivity contribution in [3.8, 4) is 0 Å². The van der Waals surface area contributed by atoms with Crippen molar-refractivity contribution >= 4 is 10.8 Å². The lowest BCUT2D eigenvalue weighted by Gasteiger charge is -2.02.